The Morgan fingerprint density at radius 2 is 1.50 bits per heavy atom. The fourth-order valence-electron chi connectivity index (χ4n) is 3.52. The highest BCUT2D eigenvalue weighted by Gasteiger charge is 2.18. The van der Waals surface area contributed by atoms with Crippen LogP contribution < -0.4 is 0 Å². The third-order valence-electron chi connectivity index (χ3n) is 5.37. The van der Waals surface area contributed by atoms with E-state index in [-0.39, 0.29) is 11.4 Å². The molecule has 0 bridgehead atoms. The molecule has 4 heteroatoms. The smallest absolute Gasteiger partial charge is 0.315 e. The molecule has 0 aliphatic rings. The summed E-state index contributed by atoms with van der Waals surface area (Å²) >= 11 is 1.57. The van der Waals surface area contributed by atoms with Crippen molar-refractivity contribution >= 4 is 17.7 Å². The Labute approximate surface area is 189 Å². The first-order valence-corrected chi connectivity index (χ1v) is 13.1. The fourth-order valence-corrected chi connectivity index (χ4v) is 4.29. The van der Waals surface area contributed by atoms with Crippen molar-refractivity contribution in [2.45, 2.75) is 109 Å². The summed E-state index contributed by atoms with van der Waals surface area (Å²) < 4.78 is 5.36. The normalized spacial score (nSPS) is 11.6. The minimum atomic E-state index is -0.123. The molecule has 0 radical (unpaired) electrons. The van der Waals surface area contributed by atoms with Crippen LogP contribution in [-0.4, -0.2) is 23.4 Å². The zero-order valence-corrected chi connectivity index (χ0v) is 20.6. The quantitative estimate of drug-likeness (QED) is 0.212. The lowest BCUT2D eigenvalue weighted by Gasteiger charge is -2.21. The van der Waals surface area contributed by atoms with Crippen molar-refractivity contribution in [1.29, 1.82) is 0 Å². The number of benzene rings is 1. The molecule has 30 heavy (non-hydrogen) atoms. The van der Waals surface area contributed by atoms with E-state index in [1.54, 1.807) is 17.8 Å². The van der Waals surface area contributed by atoms with Gasteiger partial charge in [-0.05, 0) is 29.0 Å². The number of aromatic hydroxyl groups is 1. The molecule has 0 fully saturated rings. The lowest BCUT2D eigenvalue weighted by molar-refractivity contribution is -0.140. The maximum Gasteiger partial charge on any atom is 0.315 e. The summed E-state index contributed by atoms with van der Waals surface area (Å²) in [5.74, 6) is 1.34. The Bertz CT molecular complexity index is 592. The Morgan fingerprint density at radius 1 is 0.933 bits per heavy atom. The summed E-state index contributed by atoms with van der Waals surface area (Å²) in [6, 6.07) is 5.72. The molecule has 0 unspecified atom stereocenters. The van der Waals surface area contributed by atoms with E-state index in [2.05, 4.69) is 27.7 Å². The minimum Gasteiger partial charge on any atom is -0.508 e. The van der Waals surface area contributed by atoms with Crippen LogP contribution in [0.15, 0.2) is 18.2 Å². The van der Waals surface area contributed by atoms with Gasteiger partial charge in [-0.25, -0.2) is 0 Å². The van der Waals surface area contributed by atoms with Crippen molar-refractivity contribution in [2.75, 3.05) is 12.4 Å². The molecule has 1 aromatic rings. The van der Waals surface area contributed by atoms with Crippen LogP contribution >= 0.6 is 11.8 Å². The predicted molar refractivity (Wildman–Crippen MR) is 130 cm³/mol. The molecule has 0 aliphatic heterocycles. The third-order valence-corrected chi connectivity index (χ3v) is 6.35. The van der Waals surface area contributed by atoms with Gasteiger partial charge in [-0.1, -0.05) is 104 Å². The van der Waals surface area contributed by atoms with Crippen LogP contribution in [0.25, 0.3) is 0 Å². The SMILES string of the molecule is CCCCCCCCCCCCCOC(=O)CSCc1ccc(O)c(C(C)(C)C)c1. The number of ether oxygens (including phenoxy) is 1. The monoisotopic (exact) mass is 436 g/mol. The average molecular weight is 437 g/mol. The summed E-state index contributed by atoms with van der Waals surface area (Å²) in [6.07, 6.45) is 14.3. The molecule has 0 saturated heterocycles. The predicted octanol–water partition coefficient (Wildman–Crippen LogP) is 7.78. The molecule has 0 atom stereocenters. The Morgan fingerprint density at radius 3 is 2.07 bits per heavy atom. The summed E-state index contributed by atoms with van der Waals surface area (Å²) in [6.45, 7) is 9.07. The van der Waals surface area contributed by atoms with E-state index in [0.29, 0.717) is 18.1 Å². The van der Waals surface area contributed by atoms with Crippen LogP contribution in [-0.2, 0) is 20.7 Å². The molecule has 0 aliphatic carbocycles. The number of carbonyl (C=O) groups is 1. The highest BCUT2D eigenvalue weighted by molar-refractivity contribution is 7.99. The number of phenols is 1. The second-order valence-electron chi connectivity index (χ2n) is 9.35. The van der Waals surface area contributed by atoms with Gasteiger partial charge in [0.1, 0.15) is 5.75 Å². The van der Waals surface area contributed by atoms with Gasteiger partial charge in [-0.3, -0.25) is 4.79 Å². The molecule has 172 valence electrons. The van der Waals surface area contributed by atoms with E-state index < -0.39 is 0 Å². The molecule has 3 nitrogen and oxygen atoms in total. The molecule has 0 heterocycles. The first-order chi connectivity index (χ1) is 14.3. The molecular formula is C26H44O3S. The van der Waals surface area contributed by atoms with Crippen LogP contribution in [0.1, 0.15) is 109 Å². The van der Waals surface area contributed by atoms with Crippen LogP contribution in [0, 0.1) is 0 Å². The van der Waals surface area contributed by atoms with Crippen molar-refractivity contribution in [3.05, 3.63) is 29.3 Å². The second-order valence-corrected chi connectivity index (χ2v) is 10.3. The van der Waals surface area contributed by atoms with Gasteiger partial charge in [0, 0.05) is 5.75 Å². The molecule has 1 rings (SSSR count). The number of esters is 1. The van der Waals surface area contributed by atoms with Crippen molar-refractivity contribution in [3.63, 3.8) is 0 Å². The van der Waals surface area contributed by atoms with Gasteiger partial charge in [-0.2, -0.15) is 0 Å². The van der Waals surface area contributed by atoms with Crippen LogP contribution in [0.3, 0.4) is 0 Å². The standard InChI is InChI=1S/C26H44O3S/c1-5-6-7-8-9-10-11-12-13-14-15-18-29-25(28)21-30-20-22-16-17-24(27)23(19-22)26(2,3)4/h16-17,19,27H,5-15,18,20-21H2,1-4H3. The number of hydrogen-bond acceptors (Lipinski definition) is 4. The summed E-state index contributed by atoms with van der Waals surface area (Å²) in [5.41, 5.74) is 1.97. The van der Waals surface area contributed by atoms with E-state index >= 15 is 0 Å². The van der Waals surface area contributed by atoms with Crippen LogP contribution in [0.5, 0.6) is 5.75 Å². The van der Waals surface area contributed by atoms with Gasteiger partial charge in [0.25, 0.3) is 0 Å². The highest BCUT2D eigenvalue weighted by atomic mass is 32.2. The molecule has 0 amide bonds. The van der Waals surface area contributed by atoms with E-state index in [9.17, 15) is 9.90 Å². The second kappa shape index (κ2) is 15.6. The Balaban J connectivity index is 2.03. The Kier molecular flexibility index (Phi) is 14.0. The van der Waals surface area contributed by atoms with E-state index in [1.807, 2.05) is 12.1 Å². The maximum absolute atomic E-state index is 11.9. The lowest BCUT2D eigenvalue weighted by atomic mass is 9.85. The lowest BCUT2D eigenvalue weighted by Crippen LogP contribution is -2.12. The number of phenolic OH excluding ortho intramolecular Hbond substituents is 1. The summed E-state index contributed by atoms with van der Waals surface area (Å²) in [5, 5.41) is 10.0. The molecule has 1 aromatic carbocycles. The average Bonchev–Trinajstić information content (AvgIpc) is 2.69. The zero-order chi connectivity index (χ0) is 22.2. The van der Waals surface area contributed by atoms with E-state index in [1.165, 1.54) is 57.8 Å². The number of hydrogen-bond donors (Lipinski definition) is 1. The molecule has 0 aromatic heterocycles. The summed E-state index contributed by atoms with van der Waals surface area (Å²) in [7, 11) is 0. The molecule has 0 spiro atoms. The van der Waals surface area contributed by atoms with Crippen molar-refractivity contribution in [3.8, 4) is 5.75 Å². The number of thioether (sulfide) groups is 1. The third kappa shape index (κ3) is 12.5. The molecule has 0 saturated carbocycles. The fraction of sp³-hybridized carbons (Fsp3) is 0.731. The van der Waals surface area contributed by atoms with Crippen molar-refractivity contribution < 1.29 is 14.6 Å². The van der Waals surface area contributed by atoms with Gasteiger partial charge >= 0.3 is 5.97 Å². The minimum absolute atomic E-state index is 0.0989. The van der Waals surface area contributed by atoms with Crippen molar-refractivity contribution in [1.82, 2.24) is 0 Å². The van der Waals surface area contributed by atoms with Gasteiger partial charge in [0.05, 0.1) is 12.4 Å². The topological polar surface area (TPSA) is 46.5 Å². The number of rotatable bonds is 16. The summed E-state index contributed by atoms with van der Waals surface area (Å²) in [4.78, 5) is 11.9. The van der Waals surface area contributed by atoms with Gasteiger partial charge in [0.15, 0.2) is 0 Å². The van der Waals surface area contributed by atoms with Crippen LogP contribution in [0.2, 0.25) is 0 Å². The van der Waals surface area contributed by atoms with E-state index in [4.69, 9.17) is 4.74 Å². The Hall–Kier alpha value is -1.16. The number of carbonyl (C=O) groups excluding carboxylic acids is 1. The van der Waals surface area contributed by atoms with Gasteiger partial charge in [-0.15, -0.1) is 11.8 Å². The largest absolute Gasteiger partial charge is 0.508 e. The van der Waals surface area contributed by atoms with E-state index in [0.717, 1.165) is 29.7 Å². The molecule has 1 N–H and O–H groups in total. The highest BCUT2D eigenvalue weighted by Crippen LogP contribution is 2.32. The molecular weight excluding hydrogens is 392 g/mol. The van der Waals surface area contributed by atoms with Crippen molar-refractivity contribution in [2.24, 2.45) is 0 Å². The first kappa shape index (κ1) is 26.9. The van der Waals surface area contributed by atoms with Gasteiger partial charge < -0.3 is 9.84 Å². The first-order valence-electron chi connectivity index (χ1n) is 11.9. The zero-order valence-electron chi connectivity index (χ0n) is 19.8. The van der Waals surface area contributed by atoms with Crippen LogP contribution in [0.4, 0.5) is 0 Å². The van der Waals surface area contributed by atoms with Gasteiger partial charge in [0.2, 0.25) is 0 Å². The number of unbranched alkanes of at least 4 members (excludes halogenated alkanes) is 10. The maximum atomic E-state index is 11.9.